The zero-order valence-electron chi connectivity index (χ0n) is 10.4. The minimum atomic E-state index is -1.37. The number of carbonyl (C=O) groups is 2. The van der Waals surface area contributed by atoms with Crippen molar-refractivity contribution in [3.63, 3.8) is 0 Å². The average molecular weight is 287 g/mol. The number of methoxy groups -OCH3 is 1. The van der Waals surface area contributed by atoms with E-state index in [1.807, 2.05) is 4.57 Å². The fraction of sp³-hybridized carbons (Fsp3) is 0.500. The number of nitrogens with one attached hydrogen (secondary N) is 1. The average Bonchev–Trinajstić information content (AvgIpc) is 3.17. The summed E-state index contributed by atoms with van der Waals surface area (Å²) in [6.45, 7) is -0.195. The number of carbonyl (C=O) groups excluding carboxylic acids is 2. The number of rotatable bonds is 5. The van der Waals surface area contributed by atoms with Crippen LogP contribution in [0.25, 0.3) is 0 Å². The highest BCUT2D eigenvalue weighted by Gasteiger charge is 2.28. The van der Waals surface area contributed by atoms with Crippen LogP contribution in [0.1, 0.15) is 29.4 Å². The van der Waals surface area contributed by atoms with Gasteiger partial charge in [-0.2, -0.15) is 0 Å². The van der Waals surface area contributed by atoms with Crippen LogP contribution in [0.5, 0.6) is 0 Å². The first-order valence-electron chi connectivity index (χ1n) is 5.94. The van der Waals surface area contributed by atoms with E-state index >= 15 is 0 Å². The Morgan fingerprint density at radius 1 is 1.63 bits per heavy atom. The first-order valence-corrected chi connectivity index (χ1v) is 6.32. The van der Waals surface area contributed by atoms with Gasteiger partial charge in [-0.05, 0) is 18.9 Å². The van der Waals surface area contributed by atoms with Crippen molar-refractivity contribution in [2.24, 2.45) is 0 Å². The van der Waals surface area contributed by atoms with E-state index < -0.39 is 12.1 Å². The predicted octanol–water partition coefficient (Wildman–Crippen LogP) is 0.740. The number of ether oxygens (including phenoxy) is 1. The lowest BCUT2D eigenvalue weighted by Crippen LogP contribution is -2.37. The standard InChI is InChI=1S/C12H15ClN2O4/c1-19-12(18)10(16)5-14-11(17)9-4-7(13)6-15(9)8-2-3-8/h4,6,8,10,16H,2-3,5H2,1H3,(H,14,17). The Morgan fingerprint density at radius 3 is 2.89 bits per heavy atom. The second-order valence-electron chi connectivity index (χ2n) is 4.43. The van der Waals surface area contributed by atoms with Gasteiger partial charge in [-0.25, -0.2) is 4.79 Å². The molecule has 1 aliphatic rings. The first kappa shape index (κ1) is 13.9. The summed E-state index contributed by atoms with van der Waals surface area (Å²) in [6, 6.07) is 1.89. The van der Waals surface area contributed by atoms with E-state index in [0.717, 1.165) is 12.8 Å². The monoisotopic (exact) mass is 286 g/mol. The van der Waals surface area contributed by atoms with Gasteiger partial charge in [0.2, 0.25) is 0 Å². The molecule has 2 rings (SSSR count). The van der Waals surface area contributed by atoms with Crippen LogP contribution in [0.15, 0.2) is 12.3 Å². The molecule has 1 fully saturated rings. The van der Waals surface area contributed by atoms with Gasteiger partial charge in [0.05, 0.1) is 18.7 Å². The molecule has 104 valence electrons. The summed E-state index contributed by atoms with van der Waals surface area (Å²) in [5.41, 5.74) is 0.435. The van der Waals surface area contributed by atoms with Crippen molar-refractivity contribution in [2.45, 2.75) is 25.0 Å². The van der Waals surface area contributed by atoms with Crippen LogP contribution in [0.4, 0.5) is 0 Å². The quantitative estimate of drug-likeness (QED) is 0.783. The number of hydrogen-bond acceptors (Lipinski definition) is 4. The molecule has 1 heterocycles. The molecule has 0 aromatic carbocycles. The van der Waals surface area contributed by atoms with Gasteiger partial charge >= 0.3 is 5.97 Å². The SMILES string of the molecule is COC(=O)C(O)CNC(=O)c1cc(Cl)cn1C1CC1. The third-order valence-corrected chi connectivity index (χ3v) is 3.12. The number of hydrogen-bond donors (Lipinski definition) is 2. The van der Waals surface area contributed by atoms with Gasteiger partial charge in [0.1, 0.15) is 5.69 Å². The van der Waals surface area contributed by atoms with Gasteiger partial charge in [0, 0.05) is 12.2 Å². The lowest BCUT2D eigenvalue weighted by molar-refractivity contribution is -0.149. The fourth-order valence-electron chi connectivity index (χ4n) is 1.78. The zero-order valence-corrected chi connectivity index (χ0v) is 11.2. The van der Waals surface area contributed by atoms with Crippen molar-refractivity contribution in [1.82, 2.24) is 9.88 Å². The van der Waals surface area contributed by atoms with Gasteiger partial charge in [0.15, 0.2) is 6.10 Å². The van der Waals surface area contributed by atoms with Crippen LogP contribution in [0.3, 0.4) is 0 Å². The molecule has 1 saturated carbocycles. The highest BCUT2D eigenvalue weighted by molar-refractivity contribution is 6.31. The molecule has 1 aromatic rings. The van der Waals surface area contributed by atoms with E-state index in [-0.39, 0.29) is 12.5 Å². The second kappa shape index (κ2) is 5.63. The van der Waals surface area contributed by atoms with Gasteiger partial charge in [0.25, 0.3) is 5.91 Å². The first-order chi connectivity index (χ1) is 9.02. The maximum absolute atomic E-state index is 12.0. The summed E-state index contributed by atoms with van der Waals surface area (Å²) in [6.07, 6.45) is 2.39. The van der Waals surface area contributed by atoms with Gasteiger partial charge in [-0.15, -0.1) is 0 Å². The lowest BCUT2D eigenvalue weighted by atomic mass is 10.3. The summed E-state index contributed by atoms with van der Waals surface area (Å²) in [4.78, 5) is 23.0. The normalized spacial score (nSPS) is 15.9. The summed E-state index contributed by atoms with van der Waals surface area (Å²) in [7, 11) is 1.17. The van der Waals surface area contributed by atoms with E-state index in [9.17, 15) is 14.7 Å². The number of amides is 1. The van der Waals surface area contributed by atoms with Crippen LogP contribution in [0.2, 0.25) is 5.02 Å². The van der Waals surface area contributed by atoms with Crippen LogP contribution in [-0.2, 0) is 9.53 Å². The molecule has 1 unspecified atom stereocenters. The molecular weight excluding hydrogens is 272 g/mol. The van der Waals surface area contributed by atoms with Crippen LogP contribution in [-0.4, -0.2) is 41.3 Å². The minimum Gasteiger partial charge on any atom is -0.467 e. The molecule has 0 spiro atoms. The summed E-state index contributed by atoms with van der Waals surface area (Å²) in [5, 5.41) is 12.4. The molecule has 0 aliphatic heterocycles. The van der Waals surface area contributed by atoms with Crippen molar-refractivity contribution in [3.8, 4) is 0 Å². The van der Waals surface area contributed by atoms with Crippen LogP contribution >= 0.6 is 11.6 Å². The van der Waals surface area contributed by atoms with E-state index in [1.165, 1.54) is 7.11 Å². The number of esters is 1. The maximum Gasteiger partial charge on any atom is 0.336 e. The van der Waals surface area contributed by atoms with E-state index in [2.05, 4.69) is 10.1 Å². The fourth-order valence-corrected chi connectivity index (χ4v) is 1.99. The summed E-state index contributed by atoms with van der Waals surface area (Å²) < 4.78 is 6.18. The van der Waals surface area contributed by atoms with Crippen LogP contribution < -0.4 is 5.32 Å². The Kier molecular flexibility index (Phi) is 4.11. The highest BCUT2D eigenvalue weighted by Crippen LogP contribution is 2.37. The van der Waals surface area contributed by atoms with Crippen molar-refractivity contribution in [3.05, 3.63) is 23.0 Å². The number of aromatic nitrogens is 1. The van der Waals surface area contributed by atoms with Gasteiger partial charge < -0.3 is 19.7 Å². The van der Waals surface area contributed by atoms with Crippen molar-refractivity contribution in [1.29, 1.82) is 0 Å². The van der Waals surface area contributed by atoms with E-state index in [1.54, 1.807) is 12.3 Å². The Hall–Kier alpha value is -1.53. The van der Waals surface area contributed by atoms with Gasteiger partial charge in [-0.3, -0.25) is 4.79 Å². The molecule has 19 heavy (non-hydrogen) atoms. The maximum atomic E-state index is 12.0. The molecule has 6 nitrogen and oxygen atoms in total. The molecular formula is C12H15ClN2O4. The topological polar surface area (TPSA) is 80.6 Å². The molecule has 1 amide bonds. The third kappa shape index (κ3) is 3.27. The number of aliphatic hydroxyl groups is 1. The molecule has 0 saturated heterocycles. The molecule has 0 bridgehead atoms. The molecule has 0 radical (unpaired) electrons. The molecule has 7 heteroatoms. The molecule has 1 aromatic heterocycles. The van der Waals surface area contributed by atoms with Crippen LogP contribution in [0, 0.1) is 0 Å². The zero-order chi connectivity index (χ0) is 14.0. The summed E-state index contributed by atoms with van der Waals surface area (Å²) in [5.74, 6) is -1.15. The minimum absolute atomic E-state index is 0.195. The Morgan fingerprint density at radius 2 is 2.32 bits per heavy atom. The molecule has 1 atom stereocenters. The van der Waals surface area contributed by atoms with Crippen molar-refractivity contribution in [2.75, 3.05) is 13.7 Å². The Labute approximate surface area is 115 Å². The molecule has 2 N–H and O–H groups in total. The second-order valence-corrected chi connectivity index (χ2v) is 4.87. The predicted molar refractivity (Wildman–Crippen MR) is 68.1 cm³/mol. The highest BCUT2D eigenvalue weighted by atomic mass is 35.5. The van der Waals surface area contributed by atoms with Gasteiger partial charge in [-0.1, -0.05) is 11.6 Å². The lowest BCUT2D eigenvalue weighted by Gasteiger charge is -2.11. The largest absolute Gasteiger partial charge is 0.467 e. The third-order valence-electron chi connectivity index (χ3n) is 2.92. The number of nitrogens with zero attached hydrogens (tertiary/aromatic N) is 1. The van der Waals surface area contributed by atoms with Crippen molar-refractivity contribution >= 4 is 23.5 Å². The van der Waals surface area contributed by atoms with Crippen molar-refractivity contribution < 1.29 is 19.4 Å². The Bertz CT molecular complexity index is 496. The van der Waals surface area contributed by atoms with E-state index in [0.29, 0.717) is 16.8 Å². The summed E-state index contributed by atoms with van der Waals surface area (Å²) >= 11 is 5.89. The number of halogens is 1. The van der Waals surface area contributed by atoms with E-state index in [4.69, 9.17) is 11.6 Å². The Balaban J connectivity index is 1.98. The number of aliphatic hydroxyl groups excluding tert-OH is 1. The smallest absolute Gasteiger partial charge is 0.336 e. The molecule has 1 aliphatic carbocycles.